The van der Waals surface area contributed by atoms with Gasteiger partial charge in [-0.1, -0.05) is 43.7 Å². The average molecular weight is 487 g/mol. The molecule has 6 nitrogen and oxygen atoms in total. The molecule has 0 aliphatic heterocycles. The number of benzene rings is 2. The second-order valence-corrected chi connectivity index (χ2v) is 9.07. The maximum absolute atomic E-state index is 13.4. The molecule has 3 rings (SSSR count). The molecule has 0 saturated heterocycles. The molecule has 0 bridgehead atoms. The predicted molar refractivity (Wildman–Crippen MR) is 129 cm³/mol. The number of halogens is 2. The minimum absolute atomic E-state index is 0.0427. The summed E-state index contributed by atoms with van der Waals surface area (Å²) in [6, 6.07) is 12.3. The van der Waals surface area contributed by atoms with E-state index in [1.54, 1.807) is 6.20 Å². The zero-order valence-electron chi connectivity index (χ0n) is 19.1. The Hall–Kier alpha value is -3.17. The molecule has 2 aromatic carbocycles. The summed E-state index contributed by atoms with van der Waals surface area (Å²) in [7, 11) is 0. The molecule has 2 amide bonds. The third-order valence-corrected chi connectivity index (χ3v) is 6.25. The Bertz CT molecular complexity index is 1090. The summed E-state index contributed by atoms with van der Waals surface area (Å²) in [5.41, 5.74) is 1.37. The van der Waals surface area contributed by atoms with Gasteiger partial charge < -0.3 is 16.0 Å². The fourth-order valence-corrected chi connectivity index (χ4v) is 4.25. The predicted octanol–water partition coefficient (Wildman–Crippen LogP) is 4.74. The fourth-order valence-electron chi connectivity index (χ4n) is 3.41. The van der Waals surface area contributed by atoms with Crippen LogP contribution in [0.15, 0.2) is 54.7 Å². The van der Waals surface area contributed by atoms with Crippen molar-refractivity contribution in [2.75, 3.05) is 5.32 Å². The molecule has 2 atom stereocenters. The van der Waals surface area contributed by atoms with Crippen LogP contribution in [0, 0.1) is 11.6 Å². The van der Waals surface area contributed by atoms with Crippen LogP contribution in [0.1, 0.15) is 48.7 Å². The van der Waals surface area contributed by atoms with Crippen LogP contribution in [0.5, 0.6) is 0 Å². The lowest BCUT2D eigenvalue weighted by molar-refractivity contribution is -0.126. The lowest BCUT2D eigenvalue weighted by Gasteiger charge is -2.17. The summed E-state index contributed by atoms with van der Waals surface area (Å²) in [6.45, 7) is 4.63. The van der Waals surface area contributed by atoms with Crippen molar-refractivity contribution in [1.82, 2.24) is 15.6 Å². The minimum atomic E-state index is -0.781. The summed E-state index contributed by atoms with van der Waals surface area (Å²) >= 11 is 1.36. The van der Waals surface area contributed by atoms with E-state index in [1.165, 1.54) is 16.9 Å². The van der Waals surface area contributed by atoms with E-state index in [2.05, 4.69) is 20.9 Å². The normalized spacial score (nSPS) is 12.7. The Kier molecular flexibility index (Phi) is 9.24. The third-order valence-electron chi connectivity index (χ3n) is 5.15. The second kappa shape index (κ2) is 12.3. The Morgan fingerprint density at radius 1 is 1.06 bits per heavy atom. The first-order chi connectivity index (χ1) is 16.3. The van der Waals surface area contributed by atoms with Crippen LogP contribution in [0.25, 0.3) is 0 Å². The standard InChI is InChI=1S/C25H28F2N4O2S/c1-3-7-21(30-23(32)12-18-10-19(26)13-20(27)11-18)24(33)31-25-29-15-22(34-25)16(2)28-14-17-8-5-4-6-9-17/h4-6,8-11,13,15-16,21,28H,3,7,12,14H2,1-2H3,(H,30,32)(H,29,31,33)/t16?,21-/m0/s1. The Morgan fingerprint density at radius 3 is 2.44 bits per heavy atom. The van der Waals surface area contributed by atoms with Crippen molar-refractivity contribution in [3.05, 3.63) is 82.4 Å². The minimum Gasteiger partial charge on any atom is -0.344 e. The van der Waals surface area contributed by atoms with Crippen molar-refractivity contribution in [3.63, 3.8) is 0 Å². The molecule has 0 spiro atoms. The molecule has 1 heterocycles. The van der Waals surface area contributed by atoms with Crippen molar-refractivity contribution in [1.29, 1.82) is 0 Å². The van der Waals surface area contributed by atoms with E-state index in [0.29, 0.717) is 24.5 Å². The molecular formula is C25H28F2N4O2S. The maximum Gasteiger partial charge on any atom is 0.248 e. The summed E-state index contributed by atoms with van der Waals surface area (Å²) < 4.78 is 26.8. The highest BCUT2D eigenvalue weighted by atomic mass is 32.1. The first kappa shape index (κ1) is 25.5. The van der Waals surface area contributed by atoms with Gasteiger partial charge in [0.25, 0.3) is 0 Å². The summed E-state index contributed by atoms with van der Waals surface area (Å²) in [5.74, 6) is -2.38. The Morgan fingerprint density at radius 2 is 1.76 bits per heavy atom. The first-order valence-electron chi connectivity index (χ1n) is 11.1. The van der Waals surface area contributed by atoms with Crippen molar-refractivity contribution in [2.45, 2.75) is 51.7 Å². The average Bonchev–Trinajstić information content (AvgIpc) is 3.25. The van der Waals surface area contributed by atoms with Gasteiger partial charge in [-0.2, -0.15) is 0 Å². The number of nitrogens with zero attached hydrogens (tertiary/aromatic N) is 1. The molecule has 0 aliphatic carbocycles. The zero-order chi connectivity index (χ0) is 24.5. The molecule has 0 aliphatic rings. The number of carbonyl (C=O) groups excluding carboxylic acids is 2. The van der Waals surface area contributed by atoms with Gasteiger partial charge in [0.2, 0.25) is 11.8 Å². The number of carbonyl (C=O) groups is 2. The number of hydrogen-bond acceptors (Lipinski definition) is 5. The fraction of sp³-hybridized carbons (Fsp3) is 0.320. The number of thiazole rings is 1. The van der Waals surface area contributed by atoms with Crippen LogP contribution in [0.3, 0.4) is 0 Å². The molecule has 3 N–H and O–H groups in total. The number of amides is 2. The Labute approximate surface area is 201 Å². The summed E-state index contributed by atoms with van der Waals surface area (Å²) in [5, 5.41) is 9.30. The van der Waals surface area contributed by atoms with Crippen molar-refractivity contribution in [3.8, 4) is 0 Å². The number of hydrogen-bond donors (Lipinski definition) is 3. The molecule has 180 valence electrons. The zero-order valence-corrected chi connectivity index (χ0v) is 19.9. The van der Waals surface area contributed by atoms with Gasteiger partial charge in [-0.3, -0.25) is 9.59 Å². The number of rotatable bonds is 11. The smallest absolute Gasteiger partial charge is 0.248 e. The SMILES string of the molecule is CCC[C@H](NC(=O)Cc1cc(F)cc(F)c1)C(=O)Nc1ncc(C(C)NCc2ccccc2)s1. The lowest BCUT2D eigenvalue weighted by Crippen LogP contribution is -2.44. The van der Waals surface area contributed by atoms with Gasteiger partial charge in [0.1, 0.15) is 17.7 Å². The van der Waals surface area contributed by atoms with Crippen LogP contribution in [0.4, 0.5) is 13.9 Å². The number of nitrogens with one attached hydrogen (secondary N) is 3. The topological polar surface area (TPSA) is 83.1 Å². The van der Waals surface area contributed by atoms with E-state index in [0.717, 1.165) is 23.1 Å². The highest BCUT2D eigenvalue weighted by Crippen LogP contribution is 2.25. The Balaban J connectivity index is 1.55. The monoisotopic (exact) mass is 486 g/mol. The molecule has 3 aromatic rings. The van der Waals surface area contributed by atoms with E-state index in [9.17, 15) is 18.4 Å². The molecular weight excluding hydrogens is 458 g/mol. The van der Waals surface area contributed by atoms with E-state index < -0.39 is 23.6 Å². The van der Waals surface area contributed by atoms with Gasteiger partial charge in [-0.05, 0) is 36.6 Å². The molecule has 0 saturated carbocycles. The molecule has 1 unspecified atom stereocenters. The van der Waals surface area contributed by atoms with Crippen LogP contribution in [-0.2, 0) is 22.6 Å². The van der Waals surface area contributed by atoms with Gasteiger partial charge in [-0.25, -0.2) is 13.8 Å². The number of aromatic nitrogens is 1. The molecule has 34 heavy (non-hydrogen) atoms. The van der Waals surface area contributed by atoms with Gasteiger partial charge in [0.15, 0.2) is 5.13 Å². The van der Waals surface area contributed by atoms with Gasteiger partial charge in [-0.15, -0.1) is 11.3 Å². The molecule has 0 radical (unpaired) electrons. The van der Waals surface area contributed by atoms with Crippen LogP contribution >= 0.6 is 11.3 Å². The summed E-state index contributed by atoms with van der Waals surface area (Å²) in [4.78, 5) is 30.5. The van der Waals surface area contributed by atoms with Crippen molar-refractivity contribution >= 4 is 28.3 Å². The van der Waals surface area contributed by atoms with Crippen molar-refractivity contribution in [2.24, 2.45) is 0 Å². The van der Waals surface area contributed by atoms with Gasteiger partial charge >= 0.3 is 0 Å². The molecule has 1 aromatic heterocycles. The van der Waals surface area contributed by atoms with Crippen LogP contribution in [0.2, 0.25) is 0 Å². The lowest BCUT2D eigenvalue weighted by atomic mass is 10.1. The van der Waals surface area contributed by atoms with Gasteiger partial charge in [0.05, 0.1) is 6.42 Å². The van der Waals surface area contributed by atoms with E-state index in [1.807, 2.05) is 44.2 Å². The van der Waals surface area contributed by atoms with Crippen LogP contribution in [-0.4, -0.2) is 22.8 Å². The molecule has 0 fully saturated rings. The largest absolute Gasteiger partial charge is 0.344 e. The van der Waals surface area contributed by atoms with Gasteiger partial charge in [0, 0.05) is 29.7 Å². The highest BCUT2D eigenvalue weighted by Gasteiger charge is 2.22. The molecule has 9 heteroatoms. The van der Waals surface area contributed by atoms with E-state index in [4.69, 9.17) is 0 Å². The van der Waals surface area contributed by atoms with Crippen molar-refractivity contribution < 1.29 is 18.4 Å². The highest BCUT2D eigenvalue weighted by molar-refractivity contribution is 7.15. The third kappa shape index (κ3) is 7.71. The summed E-state index contributed by atoms with van der Waals surface area (Å²) in [6.07, 6.45) is 2.57. The second-order valence-electron chi connectivity index (χ2n) is 8.01. The van der Waals surface area contributed by atoms with Crippen LogP contribution < -0.4 is 16.0 Å². The van der Waals surface area contributed by atoms with E-state index in [-0.39, 0.29) is 23.9 Å². The van der Waals surface area contributed by atoms with E-state index >= 15 is 0 Å². The number of anilines is 1. The first-order valence-corrected chi connectivity index (χ1v) is 11.9. The quantitative estimate of drug-likeness (QED) is 0.366. The maximum atomic E-state index is 13.4.